The molecule has 0 spiro atoms. The lowest BCUT2D eigenvalue weighted by Gasteiger charge is -2.44. The van der Waals surface area contributed by atoms with Crippen LogP contribution in [0.15, 0.2) is 36.4 Å². The second kappa shape index (κ2) is 11.5. The lowest BCUT2D eigenvalue weighted by Crippen LogP contribution is -2.58. The summed E-state index contributed by atoms with van der Waals surface area (Å²) in [6.07, 6.45) is 0. The van der Waals surface area contributed by atoms with Crippen molar-refractivity contribution in [1.82, 2.24) is 14.7 Å². The van der Waals surface area contributed by atoms with Crippen LogP contribution in [0, 0.1) is 19.7 Å². The summed E-state index contributed by atoms with van der Waals surface area (Å²) >= 11 is 0. The number of rotatable bonds is 7. The van der Waals surface area contributed by atoms with E-state index in [2.05, 4.69) is 42.7 Å². The van der Waals surface area contributed by atoms with Crippen LogP contribution in [0.25, 0.3) is 0 Å². The molecule has 2 fully saturated rings. The van der Waals surface area contributed by atoms with Crippen molar-refractivity contribution in [3.8, 4) is 5.75 Å². The number of carbonyl (C=O) groups excluding carboxylic acids is 1. The molecule has 2 aliphatic rings. The van der Waals surface area contributed by atoms with Crippen LogP contribution >= 0.6 is 0 Å². The molecule has 0 radical (unpaired) electrons. The van der Waals surface area contributed by atoms with Gasteiger partial charge in [-0.2, -0.15) is 0 Å². The van der Waals surface area contributed by atoms with Gasteiger partial charge in [-0.1, -0.05) is 18.2 Å². The highest BCUT2D eigenvalue weighted by Gasteiger charge is 2.32. The maximum absolute atomic E-state index is 13.2. The van der Waals surface area contributed by atoms with E-state index in [0.717, 1.165) is 62.8 Å². The van der Waals surface area contributed by atoms with Crippen LogP contribution < -0.4 is 4.74 Å². The summed E-state index contributed by atoms with van der Waals surface area (Å²) in [6.45, 7) is 15.0. The van der Waals surface area contributed by atoms with E-state index in [0.29, 0.717) is 6.54 Å². The van der Waals surface area contributed by atoms with Gasteiger partial charge in [-0.25, -0.2) is 4.39 Å². The van der Waals surface area contributed by atoms with E-state index in [-0.39, 0.29) is 30.4 Å². The minimum absolute atomic E-state index is 0.0141. The molecule has 6 nitrogen and oxygen atoms in total. The van der Waals surface area contributed by atoms with E-state index < -0.39 is 0 Å². The molecule has 2 aromatic rings. The Morgan fingerprint density at radius 1 is 1.00 bits per heavy atom. The summed E-state index contributed by atoms with van der Waals surface area (Å²) in [4.78, 5) is 19.8. The van der Waals surface area contributed by atoms with Crippen molar-refractivity contribution in [1.29, 1.82) is 0 Å². The number of piperazine rings is 1. The summed E-state index contributed by atoms with van der Waals surface area (Å²) in [7, 11) is 0. The van der Waals surface area contributed by atoms with Gasteiger partial charge >= 0.3 is 0 Å². The topological polar surface area (TPSA) is 45.2 Å². The first-order chi connectivity index (χ1) is 16.8. The molecular formula is C28H38FN3O3. The molecule has 7 heteroatoms. The molecule has 0 aliphatic carbocycles. The predicted octanol–water partition coefficient (Wildman–Crippen LogP) is 3.77. The molecule has 0 N–H and O–H groups in total. The molecule has 35 heavy (non-hydrogen) atoms. The monoisotopic (exact) mass is 483 g/mol. The van der Waals surface area contributed by atoms with E-state index in [9.17, 15) is 9.18 Å². The normalized spacial score (nSPS) is 21.8. The van der Waals surface area contributed by atoms with Crippen molar-refractivity contribution in [2.45, 2.75) is 52.9 Å². The summed E-state index contributed by atoms with van der Waals surface area (Å²) < 4.78 is 24.7. The maximum Gasteiger partial charge on any atom is 0.260 e. The molecule has 0 bridgehead atoms. The van der Waals surface area contributed by atoms with Gasteiger partial charge in [0.2, 0.25) is 0 Å². The molecule has 0 unspecified atom stereocenters. The maximum atomic E-state index is 13.2. The highest BCUT2D eigenvalue weighted by molar-refractivity contribution is 5.78. The van der Waals surface area contributed by atoms with Crippen LogP contribution in [-0.2, 0) is 22.6 Å². The number of aryl methyl sites for hydroxylation is 2. The number of amides is 1. The third kappa shape index (κ3) is 6.60. The molecule has 2 saturated heterocycles. The van der Waals surface area contributed by atoms with Gasteiger partial charge < -0.3 is 14.4 Å². The van der Waals surface area contributed by atoms with E-state index in [1.165, 1.54) is 23.3 Å². The average molecular weight is 484 g/mol. The molecule has 4 rings (SSSR count). The van der Waals surface area contributed by atoms with Crippen molar-refractivity contribution in [3.05, 3.63) is 64.5 Å². The number of benzene rings is 2. The first kappa shape index (κ1) is 25.6. The van der Waals surface area contributed by atoms with Crippen molar-refractivity contribution in [2.75, 3.05) is 46.0 Å². The fourth-order valence-corrected chi connectivity index (χ4v) is 4.99. The van der Waals surface area contributed by atoms with Crippen LogP contribution in [-0.4, -0.2) is 78.7 Å². The minimum Gasteiger partial charge on any atom is -0.483 e. The van der Waals surface area contributed by atoms with Gasteiger partial charge in [0.1, 0.15) is 11.6 Å². The van der Waals surface area contributed by atoms with Crippen molar-refractivity contribution >= 4 is 5.91 Å². The Morgan fingerprint density at radius 3 is 2.43 bits per heavy atom. The second-order valence-corrected chi connectivity index (χ2v) is 10.0. The summed E-state index contributed by atoms with van der Waals surface area (Å²) in [5, 5.41) is 0. The van der Waals surface area contributed by atoms with Crippen LogP contribution in [0.1, 0.15) is 36.1 Å². The number of ether oxygens (including phenoxy) is 2. The molecule has 2 aromatic carbocycles. The Balaban J connectivity index is 1.31. The molecule has 0 saturated carbocycles. The third-order valence-electron chi connectivity index (χ3n) is 7.22. The second-order valence-electron chi connectivity index (χ2n) is 10.0. The Bertz CT molecular complexity index is 1010. The van der Waals surface area contributed by atoms with Crippen LogP contribution in [0.3, 0.4) is 0 Å². The molecule has 2 atom stereocenters. The van der Waals surface area contributed by atoms with Gasteiger partial charge in [-0.3, -0.25) is 14.6 Å². The van der Waals surface area contributed by atoms with E-state index in [1.807, 2.05) is 24.0 Å². The quantitative estimate of drug-likeness (QED) is 0.600. The Hall–Kier alpha value is -2.48. The van der Waals surface area contributed by atoms with Crippen LogP contribution in [0.5, 0.6) is 5.75 Å². The molecule has 1 amide bonds. The van der Waals surface area contributed by atoms with E-state index in [1.54, 1.807) is 0 Å². The first-order valence-corrected chi connectivity index (χ1v) is 12.6. The SMILES string of the molecule is Cc1cc(OCC(=O)N2C[C@H](C)N(Cc3ccc(F)cc3)C[C@H]2C)c(C)cc1CN1CCOCC1. The van der Waals surface area contributed by atoms with Crippen LogP contribution in [0.4, 0.5) is 4.39 Å². The largest absolute Gasteiger partial charge is 0.483 e. The minimum atomic E-state index is -0.220. The number of halogens is 1. The molecule has 2 aliphatic heterocycles. The summed E-state index contributed by atoms with van der Waals surface area (Å²) in [5.74, 6) is 0.570. The molecular weight excluding hydrogens is 445 g/mol. The fraction of sp³-hybridized carbons (Fsp3) is 0.536. The zero-order valence-corrected chi connectivity index (χ0v) is 21.4. The molecule has 0 aromatic heterocycles. The molecule has 190 valence electrons. The first-order valence-electron chi connectivity index (χ1n) is 12.6. The number of hydrogen-bond acceptors (Lipinski definition) is 5. The lowest BCUT2D eigenvalue weighted by molar-refractivity contribution is -0.139. The summed E-state index contributed by atoms with van der Waals surface area (Å²) in [5.41, 5.74) is 4.61. The number of hydrogen-bond donors (Lipinski definition) is 0. The Kier molecular flexibility index (Phi) is 8.42. The Labute approximate surface area is 208 Å². The highest BCUT2D eigenvalue weighted by Crippen LogP contribution is 2.25. The predicted molar refractivity (Wildman–Crippen MR) is 135 cm³/mol. The lowest BCUT2D eigenvalue weighted by atomic mass is 10.0. The van der Waals surface area contributed by atoms with Gasteiger partial charge in [0.05, 0.1) is 13.2 Å². The smallest absolute Gasteiger partial charge is 0.260 e. The van der Waals surface area contributed by atoms with Crippen molar-refractivity contribution < 1.29 is 18.7 Å². The van der Waals surface area contributed by atoms with Gasteiger partial charge in [-0.05, 0) is 68.1 Å². The number of carbonyl (C=O) groups is 1. The fourth-order valence-electron chi connectivity index (χ4n) is 4.99. The van der Waals surface area contributed by atoms with Crippen molar-refractivity contribution in [3.63, 3.8) is 0 Å². The number of morpholine rings is 1. The standard InChI is InChI=1S/C28H38FN3O3/c1-20-14-27(21(2)13-25(20)18-30-9-11-34-12-10-30)35-19-28(33)32-16-22(3)31(15-23(32)4)17-24-5-7-26(29)8-6-24/h5-8,13-14,22-23H,9-12,15-19H2,1-4H3/t22-,23+/m0/s1. The van der Waals surface area contributed by atoms with Gasteiger partial charge in [0, 0.05) is 51.4 Å². The Morgan fingerprint density at radius 2 is 1.71 bits per heavy atom. The van der Waals surface area contributed by atoms with Crippen LogP contribution in [0.2, 0.25) is 0 Å². The van der Waals surface area contributed by atoms with E-state index in [4.69, 9.17) is 9.47 Å². The average Bonchev–Trinajstić information content (AvgIpc) is 2.84. The van der Waals surface area contributed by atoms with Gasteiger partial charge in [-0.15, -0.1) is 0 Å². The van der Waals surface area contributed by atoms with E-state index >= 15 is 0 Å². The molecule has 2 heterocycles. The highest BCUT2D eigenvalue weighted by atomic mass is 19.1. The van der Waals surface area contributed by atoms with Gasteiger partial charge in [0.15, 0.2) is 6.61 Å². The zero-order chi connectivity index (χ0) is 24.9. The zero-order valence-electron chi connectivity index (χ0n) is 21.4. The summed E-state index contributed by atoms with van der Waals surface area (Å²) in [6, 6.07) is 11.2. The number of nitrogens with zero attached hydrogens (tertiary/aromatic N) is 3. The third-order valence-corrected chi connectivity index (χ3v) is 7.22. The van der Waals surface area contributed by atoms with Gasteiger partial charge in [0.25, 0.3) is 5.91 Å². The van der Waals surface area contributed by atoms with Crippen molar-refractivity contribution in [2.24, 2.45) is 0 Å².